The fourth-order valence-corrected chi connectivity index (χ4v) is 4.17. The molecular weight excluding hydrogens is 471 g/mol. The number of aryl methyl sites for hydroxylation is 1. The van der Waals surface area contributed by atoms with Crippen LogP contribution in [0.25, 0.3) is 10.9 Å². The number of carbonyl (C=O) groups is 1. The molecule has 0 bridgehead atoms. The number of piperazine rings is 1. The predicted octanol–water partition coefficient (Wildman–Crippen LogP) is 5.71. The molecule has 0 saturated carbocycles. The van der Waals surface area contributed by atoms with Crippen molar-refractivity contribution in [3.63, 3.8) is 0 Å². The van der Waals surface area contributed by atoms with Gasteiger partial charge in [0.05, 0.1) is 12.1 Å². The minimum atomic E-state index is -0.390. The van der Waals surface area contributed by atoms with Crippen molar-refractivity contribution < 1.29 is 9.53 Å². The second kappa shape index (κ2) is 13.4. The van der Waals surface area contributed by atoms with E-state index in [0.717, 1.165) is 62.5 Å². The van der Waals surface area contributed by atoms with Gasteiger partial charge in [0.1, 0.15) is 0 Å². The molecule has 184 valence electrons. The van der Waals surface area contributed by atoms with Crippen LogP contribution in [0.1, 0.15) is 24.6 Å². The van der Waals surface area contributed by atoms with Gasteiger partial charge in [-0.15, -0.1) is 24.8 Å². The largest absolute Gasteiger partial charge is 0.449 e. The van der Waals surface area contributed by atoms with Gasteiger partial charge in [-0.05, 0) is 61.7 Å². The molecule has 6 nitrogen and oxygen atoms in total. The zero-order chi connectivity index (χ0) is 22.3. The average Bonchev–Trinajstić information content (AvgIpc) is 2.81. The Balaban J connectivity index is 0.00000204. The second-order valence-corrected chi connectivity index (χ2v) is 8.34. The van der Waals surface area contributed by atoms with Crippen molar-refractivity contribution >= 4 is 53.2 Å². The molecule has 0 radical (unpaired) electrons. The van der Waals surface area contributed by atoms with E-state index in [-0.39, 0.29) is 30.9 Å². The first-order valence-electron chi connectivity index (χ1n) is 11.5. The molecule has 1 fully saturated rings. The molecule has 8 heteroatoms. The monoisotopic (exact) mass is 504 g/mol. The van der Waals surface area contributed by atoms with Crippen molar-refractivity contribution in [3.05, 3.63) is 65.9 Å². The molecule has 1 aliphatic heterocycles. The van der Waals surface area contributed by atoms with E-state index in [0.29, 0.717) is 6.61 Å². The van der Waals surface area contributed by atoms with Gasteiger partial charge < -0.3 is 9.64 Å². The van der Waals surface area contributed by atoms with Crippen LogP contribution in [-0.2, 0) is 11.2 Å². The normalized spacial score (nSPS) is 13.6. The summed E-state index contributed by atoms with van der Waals surface area (Å²) in [5.41, 5.74) is 5.40. The molecule has 2 heterocycles. The Morgan fingerprint density at radius 3 is 2.56 bits per heavy atom. The van der Waals surface area contributed by atoms with Crippen molar-refractivity contribution in [2.24, 2.45) is 0 Å². The van der Waals surface area contributed by atoms with Gasteiger partial charge in [0.2, 0.25) is 0 Å². The fraction of sp³-hybridized carbons (Fsp3) is 0.385. The van der Waals surface area contributed by atoms with E-state index >= 15 is 0 Å². The molecule has 0 atom stereocenters. The minimum absolute atomic E-state index is 0. The summed E-state index contributed by atoms with van der Waals surface area (Å²) >= 11 is 0. The second-order valence-electron chi connectivity index (χ2n) is 8.34. The quantitative estimate of drug-likeness (QED) is 0.446. The summed E-state index contributed by atoms with van der Waals surface area (Å²) in [5.74, 6) is 0. The molecule has 2 aromatic carbocycles. The van der Waals surface area contributed by atoms with Crippen molar-refractivity contribution in [3.8, 4) is 0 Å². The van der Waals surface area contributed by atoms with Crippen molar-refractivity contribution in [2.75, 3.05) is 49.5 Å². The van der Waals surface area contributed by atoms with E-state index in [1.165, 1.54) is 16.6 Å². The Morgan fingerprint density at radius 1 is 1.03 bits per heavy atom. The smallest absolute Gasteiger partial charge is 0.411 e. The highest BCUT2D eigenvalue weighted by atomic mass is 35.5. The zero-order valence-corrected chi connectivity index (χ0v) is 21.5. The van der Waals surface area contributed by atoms with Gasteiger partial charge in [-0.3, -0.25) is 15.2 Å². The van der Waals surface area contributed by atoms with Gasteiger partial charge in [-0.1, -0.05) is 25.1 Å². The van der Waals surface area contributed by atoms with Gasteiger partial charge >= 0.3 is 6.09 Å². The number of hydrogen-bond donors (Lipinski definition) is 1. The molecule has 4 rings (SSSR count). The van der Waals surface area contributed by atoms with Crippen LogP contribution in [0.3, 0.4) is 0 Å². The molecule has 0 aliphatic carbocycles. The Labute approximate surface area is 214 Å². The van der Waals surface area contributed by atoms with Crippen LogP contribution in [0.5, 0.6) is 0 Å². The number of benzene rings is 2. The van der Waals surface area contributed by atoms with E-state index in [4.69, 9.17) is 4.74 Å². The number of halogens is 2. The Kier molecular flexibility index (Phi) is 10.9. The maximum Gasteiger partial charge on any atom is 0.411 e. The van der Waals surface area contributed by atoms with E-state index in [1.54, 1.807) is 0 Å². The Hall–Kier alpha value is -2.54. The third kappa shape index (κ3) is 7.23. The molecule has 1 amide bonds. The number of nitrogens with one attached hydrogen (secondary N) is 1. The highest BCUT2D eigenvalue weighted by Crippen LogP contribution is 2.27. The zero-order valence-electron chi connectivity index (χ0n) is 19.8. The Bertz CT molecular complexity index is 1070. The number of anilines is 2. The van der Waals surface area contributed by atoms with Gasteiger partial charge in [-0.2, -0.15) is 0 Å². The lowest BCUT2D eigenvalue weighted by Crippen LogP contribution is -2.47. The van der Waals surface area contributed by atoms with Crippen LogP contribution >= 0.6 is 24.8 Å². The number of aromatic nitrogens is 1. The summed E-state index contributed by atoms with van der Waals surface area (Å²) in [6.07, 6.45) is 1.38. The Morgan fingerprint density at radius 2 is 1.79 bits per heavy atom. The lowest BCUT2D eigenvalue weighted by Gasteiger charge is -2.36. The highest BCUT2D eigenvalue weighted by molar-refractivity contribution is 5.92. The van der Waals surface area contributed by atoms with E-state index in [1.807, 2.05) is 32.0 Å². The van der Waals surface area contributed by atoms with Crippen molar-refractivity contribution in [2.45, 2.75) is 26.7 Å². The lowest BCUT2D eigenvalue weighted by molar-refractivity contribution is 0.161. The molecule has 1 aliphatic rings. The topological polar surface area (TPSA) is 57.7 Å². The van der Waals surface area contributed by atoms with Gasteiger partial charge in [-0.25, -0.2) is 4.79 Å². The van der Waals surface area contributed by atoms with E-state index < -0.39 is 0 Å². The number of hydrogen-bond acceptors (Lipinski definition) is 5. The summed E-state index contributed by atoms with van der Waals surface area (Å²) in [6, 6.07) is 18.7. The van der Waals surface area contributed by atoms with Crippen molar-refractivity contribution in [1.29, 1.82) is 0 Å². The molecule has 0 unspecified atom stereocenters. The molecule has 1 aromatic heterocycles. The molecule has 3 aromatic rings. The first-order valence-corrected chi connectivity index (χ1v) is 11.5. The van der Waals surface area contributed by atoms with Crippen molar-refractivity contribution in [1.82, 2.24) is 9.88 Å². The number of rotatable bonds is 7. The van der Waals surface area contributed by atoms with Crippen LogP contribution in [0.4, 0.5) is 16.2 Å². The first kappa shape index (κ1) is 27.7. The summed E-state index contributed by atoms with van der Waals surface area (Å²) in [4.78, 5) is 21.4. The van der Waals surface area contributed by atoms with Gasteiger partial charge in [0, 0.05) is 55.2 Å². The van der Waals surface area contributed by atoms with E-state index in [9.17, 15) is 4.79 Å². The SMILES string of the molecule is CCCOC(=O)Nc1cccc(CCN2CCN(c3cccc4nc(C)ccc34)CC2)c1.Cl.Cl. The van der Waals surface area contributed by atoms with Crippen LogP contribution in [0, 0.1) is 6.92 Å². The number of carbonyl (C=O) groups excluding carboxylic acids is 1. The van der Waals surface area contributed by atoms with Crippen LogP contribution < -0.4 is 10.2 Å². The molecule has 0 spiro atoms. The van der Waals surface area contributed by atoms with Crippen LogP contribution in [0.2, 0.25) is 0 Å². The molecular formula is C26H34Cl2N4O2. The predicted molar refractivity (Wildman–Crippen MR) is 145 cm³/mol. The van der Waals surface area contributed by atoms with E-state index in [2.05, 4.69) is 56.5 Å². The highest BCUT2D eigenvalue weighted by Gasteiger charge is 2.18. The number of nitrogens with zero attached hydrogens (tertiary/aromatic N) is 3. The maximum atomic E-state index is 11.8. The first-order chi connectivity index (χ1) is 15.6. The fourth-order valence-electron chi connectivity index (χ4n) is 4.17. The lowest BCUT2D eigenvalue weighted by atomic mass is 10.1. The van der Waals surface area contributed by atoms with Gasteiger partial charge in [0.25, 0.3) is 0 Å². The van der Waals surface area contributed by atoms with Crippen LogP contribution in [-0.4, -0.2) is 55.3 Å². The summed E-state index contributed by atoms with van der Waals surface area (Å²) in [7, 11) is 0. The third-order valence-corrected chi connectivity index (χ3v) is 5.89. The average molecular weight is 505 g/mol. The minimum Gasteiger partial charge on any atom is -0.449 e. The molecule has 34 heavy (non-hydrogen) atoms. The maximum absolute atomic E-state index is 11.8. The standard InChI is InChI=1S/C26H32N4O2.2ClH/c1-3-18-32-26(31)28-22-7-4-6-21(19-22)12-13-29-14-16-30(17-15-29)25-9-5-8-24-23(25)11-10-20(2)27-24;;/h4-11,19H,3,12-18H2,1-2H3,(H,28,31);2*1H. The summed E-state index contributed by atoms with van der Waals surface area (Å²) < 4.78 is 5.10. The number of ether oxygens (including phenoxy) is 1. The third-order valence-electron chi connectivity index (χ3n) is 5.89. The molecule has 1 saturated heterocycles. The molecule has 1 N–H and O–H groups in total. The summed E-state index contributed by atoms with van der Waals surface area (Å²) in [6.45, 7) is 9.56. The van der Waals surface area contributed by atoms with Gasteiger partial charge in [0.15, 0.2) is 0 Å². The number of pyridine rings is 1. The van der Waals surface area contributed by atoms with Crippen LogP contribution in [0.15, 0.2) is 54.6 Å². The number of amides is 1. The number of fused-ring (bicyclic) bond motifs is 1. The summed E-state index contributed by atoms with van der Waals surface area (Å²) in [5, 5.41) is 4.04.